The molecule has 0 aliphatic heterocycles. The second-order valence-corrected chi connectivity index (χ2v) is 5.27. The molecule has 1 nitrogen and oxygen atoms in total. The second kappa shape index (κ2) is 2.59. The molecule has 0 N–H and O–H groups in total. The Balaban J connectivity index is 1.88. The van der Waals surface area contributed by atoms with Crippen molar-refractivity contribution in [2.45, 2.75) is 39.0 Å². The van der Waals surface area contributed by atoms with Crippen LogP contribution in [0.5, 0.6) is 0 Å². The van der Waals surface area contributed by atoms with E-state index < -0.39 is 0 Å². The number of carbonyl (C=O) groups is 1. The third-order valence-electron chi connectivity index (χ3n) is 4.87. The Bertz CT molecular complexity index is 246. The number of hydrogen-bond acceptors (Lipinski definition) is 1. The van der Waals surface area contributed by atoms with E-state index in [1.807, 2.05) is 0 Å². The zero-order valence-corrected chi connectivity index (χ0v) is 8.33. The molecule has 0 aromatic heterocycles. The molecule has 0 spiro atoms. The van der Waals surface area contributed by atoms with Gasteiger partial charge in [-0.05, 0) is 49.9 Å². The Labute approximate surface area is 79.9 Å². The summed E-state index contributed by atoms with van der Waals surface area (Å²) >= 11 is 0. The van der Waals surface area contributed by atoms with Gasteiger partial charge in [0.05, 0.1) is 0 Å². The first-order valence-electron chi connectivity index (χ1n) is 5.85. The third kappa shape index (κ3) is 0.908. The maximum Gasteiger partial charge on any atom is 0.139 e. The first kappa shape index (κ1) is 8.02. The van der Waals surface area contributed by atoms with Gasteiger partial charge in [-0.3, -0.25) is 4.79 Å². The number of Topliss-reactive ketones (excluding diaryl/α,β-unsaturated/α-hetero) is 1. The van der Waals surface area contributed by atoms with E-state index >= 15 is 0 Å². The summed E-state index contributed by atoms with van der Waals surface area (Å²) in [6.45, 7) is 2.17. The van der Waals surface area contributed by atoms with Gasteiger partial charge in [-0.15, -0.1) is 0 Å². The van der Waals surface area contributed by atoms with Gasteiger partial charge in [0.2, 0.25) is 0 Å². The highest BCUT2D eigenvalue weighted by Gasteiger charge is 2.55. The van der Waals surface area contributed by atoms with Crippen molar-refractivity contribution in [3.8, 4) is 0 Å². The molecule has 0 radical (unpaired) electrons. The number of hydrogen-bond donors (Lipinski definition) is 0. The van der Waals surface area contributed by atoms with Crippen LogP contribution in [0.15, 0.2) is 0 Å². The van der Waals surface area contributed by atoms with E-state index in [1.54, 1.807) is 0 Å². The van der Waals surface area contributed by atoms with Crippen LogP contribution < -0.4 is 0 Å². The van der Waals surface area contributed by atoms with Gasteiger partial charge >= 0.3 is 0 Å². The number of rotatable bonds is 1. The number of carbonyl (C=O) groups excluding carboxylic acids is 1. The van der Waals surface area contributed by atoms with Crippen molar-refractivity contribution in [3.63, 3.8) is 0 Å². The minimum absolute atomic E-state index is 0.443. The zero-order valence-electron chi connectivity index (χ0n) is 8.33. The van der Waals surface area contributed by atoms with E-state index in [2.05, 4.69) is 6.92 Å². The highest BCUT2D eigenvalue weighted by molar-refractivity contribution is 5.86. The van der Waals surface area contributed by atoms with E-state index in [-0.39, 0.29) is 0 Å². The van der Waals surface area contributed by atoms with Gasteiger partial charge in [-0.2, -0.15) is 0 Å². The number of ketones is 1. The highest BCUT2D eigenvalue weighted by Crippen LogP contribution is 2.58. The molecule has 0 aromatic carbocycles. The molecule has 0 saturated heterocycles. The van der Waals surface area contributed by atoms with Crippen LogP contribution in [0, 0.1) is 29.6 Å². The van der Waals surface area contributed by atoms with Crippen LogP contribution in [0.1, 0.15) is 39.0 Å². The van der Waals surface area contributed by atoms with Crippen LogP contribution in [-0.4, -0.2) is 5.78 Å². The van der Waals surface area contributed by atoms with Gasteiger partial charge in [-0.1, -0.05) is 6.92 Å². The van der Waals surface area contributed by atoms with E-state index in [0.717, 1.165) is 24.2 Å². The molecule has 72 valence electrons. The monoisotopic (exact) mass is 178 g/mol. The molecule has 0 aromatic rings. The van der Waals surface area contributed by atoms with Gasteiger partial charge in [-0.25, -0.2) is 0 Å². The third-order valence-corrected chi connectivity index (χ3v) is 4.87. The summed E-state index contributed by atoms with van der Waals surface area (Å²) in [6.07, 6.45) is 6.49. The average Bonchev–Trinajstić information content (AvgIpc) is 2.76. The highest BCUT2D eigenvalue weighted by atomic mass is 16.1. The predicted octanol–water partition coefficient (Wildman–Crippen LogP) is 2.65. The lowest BCUT2D eigenvalue weighted by atomic mass is 9.81. The minimum Gasteiger partial charge on any atom is -0.299 e. The fourth-order valence-electron chi connectivity index (χ4n) is 4.28. The van der Waals surface area contributed by atoms with E-state index in [1.165, 1.54) is 25.7 Å². The Morgan fingerprint density at radius 1 is 1.23 bits per heavy atom. The van der Waals surface area contributed by atoms with Crippen molar-refractivity contribution < 1.29 is 4.79 Å². The van der Waals surface area contributed by atoms with Crippen molar-refractivity contribution in [2.24, 2.45) is 29.6 Å². The van der Waals surface area contributed by atoms with Crippen LogP contribution in [0.25, 0.3) is 0 Å². The molecular formula is C12H18O. The Morgan fingerprint density at radius 3 is 2.69 bits per heavy atom. The largest absolute Gasteiger partial charge is 0.299 e. The predicted molar refractivity (Wildman–Crippen MR) is 51.2 cm³/mol. The maximum absolute atomic E-state index is 12.0. The molecule has 0 heterocycles. The van der Waals surface area contributed by atoms with Gasteiger partial charge in [0.1, 0.15) is 5.78 Å². The molecule has 1 heteroatoms. The maximum atomic E-state index is 12.0. The van der Waals surface area contributed by atoms with Crippen LogP contribution in [0.4, 0.5) is 0 Å². The summed E-state index contributed by atoms with van der Waals surface area (Å²) in [5, 5.41) is 0. The fourth-order valence-corrected chi connectivity index (χ4v) is 4.28. The lowest BCUT2D eigenvalue weighted by Crippen LogP contribution is -2.23. The molecule has 5 unspecified atom stereocenters. The molecule has 3 aliphatic carbocycles. The summed E-state index contributed by atoms with van der Waals surface area (Å²) in [7, 11) is 0. The molecule has 3 rings (SSSR count). The first-order valence-corrected chi connectivity index (χ1v) is 5.85. The van der Waals surface area contributed by atoms with Crippen molar-refractivity contribution in [1.29, 1.82) is 0 Å². The SMILES string of the molecule is CCC1CC2C3CCC(C3)C2C1=O. The lowest BCUT2D eigenvalue weighted by Gasteiger charge is -2.22. The quantitative estimate of drug-likeness (QED) is 0.603. The fraction of sp³-hybridized carbons (Fsp3) is 0.917. The smallest absolute Gasteiger partial charge is 0.139 e. The molecule has 3 aliphatic rings. The normalized spacial score (nSPS) is 53.0. The summed E-state index contributed by atoms with van der Waals surface area (Å²) < 4.78 is 0. The van der Waals surface area contributed by atoms with Gasteiger partial charge in [0.15, 0.2) is 0 Å². The summed E-state index contributed by atoms with van der Waals surface area (Å²) in [4.78, 5) is 12.0. The van der Waals surface area contributed by atoms with Gasteiger partial charge < -0.3 is 0 Å². The topological polar surface area (TPSA) is 17.1 Å². The average molecular weight is 178 g/mol. The molecular weight excluding hydrogens is 160 g/mol. The molecule has 3 saturated carbocycles. The van der Waals surface area contributed by atoms with Crippen LogP contribution in [0.3, 0.4) is 0 Å². The second-order valence-electron chi connectivity index (χ2n) is 5.27. The Hall–Kier alpha value is -0.330. The minimum atomic E-state index is 0.443. The summed E-state index contributed by atoms with van der Waals surface area (Å²) in [5.41, 5.74) is 0. The van der Waals surface area contributed by atoms with E-state index in [0.29, 0.717) is 17.6 Å². The van der Waals surface area contributed by atoms with E-state index in [9.17, 15) is 4.79 Å². The molecule has 13 heavy (non-hydrogen) atoms. The van der Waals surface area contributed by atoms with Gasteiger partial charge in [0.25, 0.3) is 0 Å². The standard InChI is InChI=1S/C12H18O/c1-2-7-6-10-8-3-4-9(5-8)11(10)12(7)13/h7-11H,2-6H2,1H3. The summed E-state index contributed by atoms with van der Waals surface area (Å²) in [5.74, 6) is 4.16. The number of fused-ring (bicyclic) bond motifs is 5. The molecule has 5 atom stereocenters. The first-order chi connectivity index (χ1) is 6.31. The van der Waals surface area contributed by atoms with Crippen molar-refractivity contribution in [2.75, 3.05) is 0 Å². The Morgan fingerprint density at radius 2 is 2.00 bits per heavy atom. The Kier molecular flexibility index (Phi) is 1.59. The van der Waals surface area contributed by atoms with Crippen molar-refractivity contribution in [3.05, 3.63) is 0 Å². The van der Waals surface area contributed by atoms with Gasteiger partial charge in [0, 0.05) is 11.8 Å². The van der Waals surface area contributed by atoms with Crippen molar-refractivity contribution in [1.82, 2.24) is 0 Å². The van der Waals surface area contributed by atoms with Crippen molar-refractivity contribution >= 4 is 5.78 Å². The zero-order chi connectivity index (χ0) is 9.00. The molecule has 0 amide bonds. The van der Waals surface area contributed by atoms with E-state index in [4.69, 9.17) is 0 Å². The molecule has 2 bridgehead atoms. The van der Waals surface area contributed by atoms with Crippen LogP contribution >= 0.6 is 0 Å². The van der Waals surface area contributed by atoms with Crippen LogP contribution in [0.2, 0.25) is 0 Å². The summed E-state index contributed by atoms with van der Waals surface area (Å²) in [6, 6.07) is 0. The van der Waals surface area contributed by atoms with Crippen LogP contribution in [-0.2, 0) is 4.79 Å². The molecule has 3 fully saturated rings. The lowest BCUT2D eigenvalue weighted by molar-refractivity contribution is -0.125.